The number of hydrogen-bond acceptors (Lipinski definition) is 1. The third kappa shape index (κ3) is 0.807. The first-order chi connectivity index (χ1) is 4.77. The molecule has 1 heteroatoms. The second-order valence-corrected chi connectivity index (χ2v) is 4.55. The first-order valence-corrected chi connectivity index (χ1v) is 4.11. The van der Waals surface area contributed by atoms with E-state index >= 15 is 0 Å². The van der Waals surface area contributed by atoms with Gasteiger partial charge in [0.2, 0.25) is 0 Å². The van der Waals surface area contributed by atoms with Crippen LogP contribution >= 0.6 is 0 Å². The van der Waals surface area contributed by atoms with E-state index in [0.717, 1.165) is 0 Å². The molecule has 0 aromatic heterocycles. The van der Waals surface area contributed by atoms with Crippen LogP contribution in [-0.4, -0.2) is 11.2 Å². The molecule has 1 unspecified atom stereocenters. The predicted octanol–water partition coefficient (Wildman–Crippen LogP) is 2.77. The van der Waals surface area contributed by atoms with Gasteiger partial charge in [-0.2, -0.15) is 0 Å². The average Bonchev–Trinajstić information content (AvgIpc) is 1.86. The Kier molecular flexibility index (Phi) is 1.51. The van der Waals surface area contributed by atoms with Crippen LogP contribution in [0, 0.1) is 5.41 Å². The molecule has 1 atom stereocenters. The van der Waals surface area contributed by atoms with E-state index in [1.54, 1.807) is 0 Å². The normalized spacial score (nSPS) is 39.4. The van der Waals surface area contributed by atoms with Crippen molar-refractivity contribution in [2.45, 2.75) is 45.8 Å². The van der Waals surface area contributed by atoms with Gasteiger partial charge < -0.3 is 4.74 Å². The quantitative estimate of drug-likeness (QED) is 0.528. The molecule has 0 aliphatic carbocycles. The largest absolute Gasteiger partial charge is 0.364 e. The number of rotatable bonds is 1. The van der Waals surface area contributed by atoms with Crippen LogP contribution in [0.3, 0.4) is 0 Å². The van der Waals surface area contributed by atoms with Gasteiger partial charge in [0.15, 0.2) is 0 Å². The van der Waals surface area contributed by atoms with Gasteiger partial charge in [-0.1, -0.05) is 19.9 Å². The van der Waals surface area contributed by atoms with E-state index in [-0.39, 0.29) is 16.6 Å². The molecule has 0 N–H and O–H groups in total. The summed E-state index contributed by atoms with van der Waals surface area (Å²) < 4.78 is 5.76. The maximum atomic E-state index is 5.76. The highest BCUT2D eigenvalue weighted by atomic mass is 16.6. The molecule has 0 spiro atoms. The van der Waals surface area contributed by atoms with E-state index in [2.05, 4.69) is 41.2 Å². The SMILES string of the molecule is C=CC1(C)OC(C)(C)C1(C)C. The van der Waals surface area contributed by atoms with Crippen molar-refractivity contribution in [3.63, 3.8) is 0 Å². The van der Waals surface area contributed by atoms with Crippen LogP contribution in [0.15, 0.2) is 12.7 Å². The van der Waals surface area contributed by atoms with E-state index in [1.807, 2.05) is 6.08 Å². The summed E-state index contributed by atoms with van der Waals surface area (Å²) in [7, 11) is 0. The fourth-order valence-corrected chi connectivity index (χ4v) is 1.63. The Bertz CT molecular complexity index is 191. The van der Waals surface area contributed by atoms with Crippen molar-refractivity contribution < 1.29 is 4.74 Å². The standard InChI is InChI=1S/C10H18O/c1-7-10(6)8(2,3)9(4,5)11-10/h7H,1H2,2-6H3. The Labute approximate surface area is 69.4 Å². The van der Waals surface area contributed by atoms with Crippen LogP contribution in [0.1, 0.15) is 34.6 Å². The molecule has 0 bridgehead atoms. The summed E-state index contributed by atoms with van der Waals surface area (Å²) in [6.45, 7) is 14.6. The molecule has 1 aliphatic heterocycles. The summed E-state index contributed by atoms with van der Waals surface area (Å²) in [5, 5.41) is 0. The minimum absolute atomic E-state index is 0.0179. The van der Waals surface area contributed by atoms with Crippen molar-refractivity contribution in [2.75, 3.05) is 0 Å². The van der Waals surface area contributed by atoms with Crippen LogP contribution in [0.2, 0.25) is 0 Å². The molecule has 11 heavy (non-hydrogen) atoms. The summed E-state index contributed by atoms with van der Waals surface area (Å²) in [5.74, 6) is 0. The van der Waals surface area contributed by atoms with Crippen LogP contribution in [0.5, 0.6) is 0 Å². The minimum Gasteiger partial charge on any atom is -0.364 e. The third-order valence-corrected chi connectivity index (χ3v) is 3.60. The van der Waals surface area contributed by atoms with Crippen LogP contribution in [0.4, 0.5) is 0 Å². The summed E-state index contributed by atoms with van der Waals surface area (Å²) in [6.07, 6.45) is 1.90. The smallest absolute Gasteiger partial charge is 0.0917 e. The zero-order valence-electron chi connectivity index (χ0n) is 8.19. The maximum absolute atomic E-state index is 5.76. The highest BCUT2D eigenvalue weighted by molar-refractivity contribution is 5.18. The first-order valence-electron chi connectivity index (χ1n) is 4.11. The maximum Gasteiger partial charge on any atom is 0.0917 e. The molecular formula is C10H18O. The van der Waals surface area contributed by atoms with Gasteiger partial charge in [-0.05, 0) is 20.8 Å². The summed E-state index contributed by atoms with van der Waals surface area (Å²) in [6, 6.07) is 0. The fraction of sp³-hybridized carbons (Fsp3) is 0.800. The van der Waals surface area contributed by atoms with Gasteiger partial charge in [0, 0.05) is 5.41 Å². The predicted molar refractivity (Wildman–Crippen MR) is 47.5 cm³/mol. The Morgan fingerprint density at radius 2 is 1.55 bits per heavy atom. The van der Waals surface area contributed by atoms with Crippen LogP contribution < -0.4 is 0 Å². The van der Waals surface area contributed by atoms with Gasteiger partial charge in [0.25, 0.3) is 0 Å². The number of hydrogen-bond donors (Lipinski definition) is 0. The minimum atomic E-state index is -0.142. The fourth-order valence-electron chi connectivity index (χ4n) is 1.63. The second kappa shape index (κ2) is 1.89. The Hall–Kier alpha value is -0.300. The molecule has 64 valence electrons. The van der Waals surface area contributed by atoms with E-state index in [0.29, 0.717) is 0 Å². The Balaban J connectivity index is 2.93. The molecule has 1 heterocycles. The lowest BCUT2D eigenvalue weighted by molar-refractivity contribution is -0.325. The lowest BCUT2D eigenvalue weighted by Crippen LogP contribution is -2.69. The van der Waals surface area contributed by atoms with E-state index < -0.39 is 0 Å². The second-order valence-electron chi connectivity index (χ2n) is 4.55. The molecule has 1 saturated heterocycles. The monoisotopic (exact) mass is 154 g/mol. The van der Waals surface area contributed by atoms with Gasteiger partial charge in [-0.3, -0.25) is 0 Å². The number of ether oxygens (including phenoxy) is 1. The molecule has 0 radical (unpaired) electrons. The third-order valence-electron chi connectivity index (χ3n) is 3.60. The van der Waals surface area contributed by atoms with Crippen molar-refractivity contribution in [3.8, 4) is 0 Å². The van der Waals surface area contributed by atoms with Crippen molar-refractivity contribution >= 4 is 0 Å². The summed E-state index contributed by atoms with van der Waals surface area (Å²) in [5.41, 5.74) is 0.0220. The van der Waals surface area contributed by atoms with Gasteiger partial charge in [-0.25, -0.2) is 0 Å². The summed E-state index contributed by atoms with van der Waals surface area (Å²) >= 11 is 0. The van der Waals surface area contributed by atoms with Gasteiger partial charge in [0.1, 0.15) is 0 Å². The Morgan fingerprint density at radius 3 is 1.64 bits per heavy atom. The average molecular weight is 154 g/mol. The van der Waals surface area contributed by atoms with Crippen molar-refractivity contribution in [2.24, 2.45) is 5.41 Å². The molecule has 1 fully saturated rings. The molecule has 0 aromatic rings. The van der Waals surface area contributed by atoms with Crippen molar-refractivity contribution in [1.29, 1.82) is 0 Å². The molecule has 1 aliphatic rings. The molecule has 0 amide bonds. The molecule has 0 saturated carbocycles. The lowest BCUT2D eigenvalue weighted by Gasteiger charge is -2.64. The molecular weight excluding hydrogens is 136 g/mol. The zero-order chi connectivity index (χ0) is 8.91. The summed E-state index contributed by atoms with van der Waals surface area (Å²) in [4.78, 5) is 0. The molecule has 0 aromatic carbocycles. The molecule has 1 nitrogen and oxygen atoms in total. The van der Waals surface area contributed by atoms with Crippen molar-refractivity contribution in [1.82, 2.24) is 0 Å². The first kappa shape index (κ1) is 8.79. The molecule has 1 rings (SSSR count). The highest BCUT2D eigenvalue weighted by Gasteiger charge is 2.62. The van der Waals surface area contributed by atoms with E-state index in [4.69, 9.17) is 4.74 Å². The highest BCUT2D eigenvalue weighted by Crippen LogP contribution is 2.56. The van der Waals surface area contributed by atoms with Crippen LogP contribution in [0.25, 0.3) is 0 Å². The lowest BCUT2D eigenvalue weighted by atomic mass is 9.60. The topological polar surface area (TPSA) is 9.23 Å². The van der Waals surface area contributed by atoms with Crippen molar-refractivity contribution in [3.05, 3.63) is 12.7 Å². The van der Waals surface area contributed by atoms with Gasteiger partial charge in [-0.15, -0.1) is 6.58 Å². The van der Waals surface area contributed by atoms with Crippen LogP contribution in [-0.2, 0) is 4.74 Å². The van der Waals surface area contributed by atoms with Gasteiger partial charge in [0.05, 0.1) is 11.2 Å². The van der Waals surface area contributed by atoms with E-state index in [1.165, 1.54) is 0 Å². The Morgan fingerprint density at radius 1 is 1.09 bits per heavy atom. The zero-order valence-corrected chi connectivity index (χ0v) is 8.19. The van der Waals surface area contributed by atoms with E-state index in [9.17, 15) is 0 Å². The van der Waals surface area contributed by atoms with Gasteiger partial charge >= 0.3 is 0 Å².